The summed E-state index contributed by atoms with van der Waals surface area (Å²) in [6.07, 6.45) is -0.382. The zero-order chi connectivity index (χ0) is 17.4. The van der Waals surface area contributed by atoms with E-state index in [-0.39, 0.29) is 17.8 Å². The fourth-order valence-electron chi connectivity index (χ4n) is 3.18. The van der Waals surface area contributed by atoms with Gasteiger partial charge in [-0.2, -0.15) is 0 Å². The van der Waals surface area contributed by atoms with Gasteiger partial charge in [0, 0.05) is 10.6 Å². The minimum atomic E-state index is -0.735. The number of fused-ring (bicyclic) bond motifs is 2. The summed E-state index contributed by atoms with van der Waals surface area (Å²) in [6, 6.07) is 11.8. The van der Waals surface area contributed by atoms with Gasteiger partial charge in [0.05, 0.1) is 6.04 Å². The largest absolute Gasteiger partial charge is 0.482 e. The Kier molecular flexibility index (Phi) is 4.29. The van der Waals surface area contributed by atoms with Crippen LogP contribution in [0.2, 0.25) is 0 Å². The highest BCUT2D eigenvalue weighted by Gasteiger charge is 2.35. The molecule has 1 N–H and O–H groups in total. The van der Waals surface area contributed by atoms with E-state index in [9.17, 15) is 9.18 Å². The minimum Gasteiger partial charge on any atom is -0.482 e. The zero-order valence-corrected chi connectivity index (χ0v) is 14.5. The van der Waals surface area contributed by atoms with Gasteiger partial charge in [0.2, 0.25) is 6.10 Å². The van der Waals surface area contributed by atoms with Gasteiger partial charge in [0.25, 0.3) is 5.91 Å². The van der Waals surface area contributed by atoms with Crippen molar-refractivity contribution in [3.05, 3.63) is 53.8 Å². The number of ether oxygens (including phenoxy) is 2. The highest BCUT2D eigenvalue weighted by molar-refractivity contribution is 7.99. The van der Waals surface area contributed by atoms with E-state index in [1.54, 1.807) is 23.9 Å². The van der Waals surface area contributed by atoms with Crippen molar-refractivity contribution in [2.75, 3.05) is 5.75 Å². The lowest BCUT2D eigenvalue weighted by atomic mass is 10.0. The van der Waals surface area contributed by atoms with Crippen molar-refractivity contribution in [3.8, 4) is 11.5 Å². The molecule has 4 rings (SSSR count). The van der Waals surface area contributed by atoms with Crippen LogP contribution in [0.3, 0.4) is 0 Å². The first-order valence-electron chi connectivity index (χ1n) is 8.27. The maximum Gasteiger partial charge on any atom is 0.265 e. The summed E-state index contributed by atoms with van der Waals surface area (Å²) in [5, 5.41) is 3.01. The summed E-state index contributed by atoms with van der Waals surface area (Å²) in [4.78, 5) is 13.8. The number of benzene rings is 2. The number of amides is 1. The molecule has 2 aromatic carbocycles. The molecule has 130 valence electrons. The molecule has 0 fully saturated rings. The van der Waals surface area contributed by atoms with Crippen molar-refractivity contribution in [2.45, 2.75) is 36.5 Å². The van der Waals surface area contributed by atoms with E-state index in [2.05, 4.69) is 5.32 Å². The Balaban J connectivity index is 1.53. The van der Waals surface area contributed by atoms with Crippen molar-refractivity contribution >= 4 is 17.7 Å². The number of thioether (sulfide) groups is 1. The molecule has 25 heavy (non-hydrogen) atoms. The fourth-order valence-corrected chi connectivity index (χ4v) is 4.28. The quantitative estimate of drug-likeness (QED) is 0.888. The monoisotopic (exact) mass is 359 g/mol. The van der Waals surface area contributed by atoms with Gasteiger partial charge >= 0.3 is 0 Å². The normalized spacial score (nSPS) is 24.3. The van der Waals surface area contributed by atoms with Crippen LogP contribution in [-0.2, 0) is 4.79 Å². The molecule has 0 aromatic heterocycles. The molecule has 2 aliphatic rings. The van der Waals surface area contributed by atoms with Gasteiger partial charge in [0.1, 0.15) is 11.9 Å². The third-order valence-corrected chi connectivity index (χ3v) is 5.55. The average molecular weight is 359 g/mol. The van der Waals surface area contributed by atoms with Crippen molar-refractivity contribution in [1.29, 1.82) is 0 Å². The summed E-state index contributed by atoms with van der Waals surface area (Å²) in [6.45, 7) is 1.81. The van der Waals surface area contributed by atoms with Gasteiger partial charge in [-0.05, 0) is 49.2 Å². The number of hydrogen-bond acceptors (Lipinski definition) is 4. The fraction of sp³-hybridized carbons (Fsp3) is 0.316. The lowest BCUT2D eigenvalue weighted by Crippen LogP contribution is -2.50. The van der Waals surface area contributed by atoms with E-state index < -0.39 is 12.2 Å². The Morgan fingerprint density at radius 3 is 2.76 bits per heavy atom. The van der Waals surface area contributed by atoms with E-state index in [0.29, 0.717) is 11.5 Å². The van der Waals surface area contributed by atoms with Crippen LogP contribution in [0.1, 0.15) is 24.9 Å². The molecule has 3 atom stereocenters. The number of rotatable bonds is 2. The van der Waals surface area contributed by atoms with Gasteiger partial charge < -0.3 is 14.8 Å². The first-order chi connectivity index (χ1) is 12.1. The predicted octanol–water partition coefficient (Wildman–Crippen LogP) is 3.71. The molecule has 2 aromatic rings. The van der Waals surface area contributed by atoms with Crippen molar-refractivity contribution in [2.24, 2.45) is 0 Å². The molecule has 6 heteroatoms. The van der Waals surface area contributed by atoms with Gasteiger partial charge in [-0.3, -0.25) is 4.79 Å². The maximum atomic E-state index is 13.6. The third-order valence-electron chi connectivity index (χ3n) is 4.43. The molecule has 3 unspecified atom stereocenters. The second-order valence-corrected chi connectivity index (χ2v) is 7.33. The summed E-state index contributed by atoms with van der Waals surface area (Å²) in [5.41, 5.74) is 0.828. The first-order valence-corrected chi connectivity index (χ1v) is 9.25. The molecule has 0 bridgehead atoms. The summed E-state index contributed by atoms with van der Waals surface area (Å²) in [5.74, 6) is 1.55. The van der Waals surface area contributed by atoms with Crippen molar-refractivity contribution in [3.63, 3.8) is 0 Å². The Labute approximate surface area is 149 Å². The SMILES string of the molecule is CC1Oc2ccccc2OC1C(=O)NC1CCSc2ccc(F)cc21. The Morgan fingerprint density at radius 1 is 1.20 bits per heavy atom. The zero-order valence-electron chi connectivity index (χ0n) is 13.7. The maximum absolute atomic E-state index is 13.6. The number of carbonyl (C=O) groups is 1. The van der Waals surface area contributed by atoms with Crippen LogP contribution in [-0.4, -0.2) is 23.9 Å². The molecule has 2 heterocycles. The molecule has 0 saturated heterocycles. The minimum absolute atomic E-state index is 0.215. The van der Waals surface area contributed by atoms with E-state index in [1.165, 1.54) is 12.1 Å². The standard InChI is InChI=1S/C19H18FNO3S/c1-11-18(24-16-5-3-2-4-15(16)23-11)19(22)21-14-8-9-25-17-7-6-12(20)10-13(14)17/h2-7,10-11,14,18H,8-9H2,1H3,(H,21,22). The lowest BCUT2D eigenvalue weighted by molar-refractivity contribution is -0.134. The Bertz CT molecular complexity index is 813. The molecular formula is C19H18FNO3S. The van der Waals surface area contributed by atoms with Crippen LogP contribution < -0.4 is 14.8 Å². The highest BCUT2D eigenvalue weighted by Crippen LogP contribution is 2.37. The molecule has 0 radical (unpaired) electrons. The van der Waals surface area contributed by atoms with Crippen molar-refractivity contribution in [1.82, 2.24) is 5.32 Å². The Hall–Kier alpha value is -2.21. The smallest absolute Gasteiger partial charge is 0.265 e. The van der Waals surface area contributed by atoms with Crippen molar-refractivity contribution < 1.29 is 18.7 Å². The number of hydrogen-bond donors (Lipinski definition) is 1. The van der Waals surface area contributed by atoms with Gasteiger partial charge in [0.15, 0.2) is 11.5 Å². The molecule has 2 aliphatic heterocycles. The first kappa shape index (κ1) is 16.3. The topological polar surface area (TPSA) is 47.6 Å². The lowest BCUT2D eigenvalue weighted by Gasteiger charge is -2.33. The summed E-state index contributed by atoms with van der Waals surface area (Å²) < 4.78 is 25.3. The van der Waals surface area contributed by atoms with Crippen LogP contribution in [0, 0.1) is 5.82 Å². The van der Waals surface area contributed by atoms with Crippen LogP contribution in [0.4, 0.5) is 4.39 Å². The number of para-hydroxylation sites is 2. The number of nitrogens with one attached hydrogen (secondary N) is 1. The molecule has 0 aliphatic carbocycles. The van der Waals surface area contributed by atoms with E-state index >= 15 is 0 Å². The van der Waals surface area contributed by atoms with E-state index in [0.717, 1.165) is 22.6 Å². The molecule has 0 spiro atoms. The highest BCUT2D eigenvalue weighted by atomic mass is 32.2. The van der Waals surface area contributed by atoms with Crippen LogP contribution in [0.15, 0.2) is 47.4 Å². The molecule has 1 amide bonds. The summed E-state index contributed by atoms with van der Waals surface area (Å²) in [7, 11) is 0. The molecular weight excluding hydrogens is 341 g/mol. The molecule has 4 nitrogen and oxygen atoms in total. The second kappa shape index (κ2) is 6.59. The molecule has 0 saturated carbocycles. The summed E-state index contributed by atoms with van der Waals surface area (Å²) >= 11 is 1.68. The van der Waals surface area contributed by atoms with Crippen LogP contribution in [0.5, 0.6) is 11.5 Å². The predicted molar refractivity (Wildman–Crippen MR) is 93.6 cm³/mol. The van der Waals surface area contributed by atoms with Gasteiger partial charge in [-0.25, -0.2) is 4.39 Å². The van der Waals surface area contributed by atoms with Crippen LogP contribution >= 0.6 is 11.8 Å². The number of carbonyl (C=O) groups excluding carboxylic acids is 1. The van der Waals surface area contributed by atoms with Crippen LogP contribution in [0.25, 0.3) is 0 Å². The van der Waals surface area contributed by atoms with Gasteiger partial charge in [-0.1, -0.05) is 12.1 Å². The van der Waals surface area contributed by atoms with E-state index in [4.69, 9.17) is 9.47 Å². The van der Waals surface area contributed by atoms with E-state index in [1.807, 2.05) is 25.1 Å². The number of halogens is 1. The Morgan fingerprint density at radius 2 is 1.96 bits per heavy atom. The van der Waals surface area contributed by atoms with Gasteiger partial charge in [-0.15, -0.1) is 11.8 Å². The average Bonchev–Trinajstić information content (AvgIpc) is 2.61. The third kappa shape index (κ3) is 3.18. The second-order valence-electron chi connectivity index (χ2n) is 6.19.